The van der Waals surface area contributed by atoms with Crippen LogP contribution in [0.2, 0.25) is 0 Å². The minimum atomic E-state index is -0.435. The molecule has 0 aliphatic carbocycles. The van der Waals surface area contributed by atoms with Gasteiger partial charge in [-0.1, -0.05) is 74.2 Å². The van der Waals surface area contributed by atoms with Gasteiger partial charge in [0.05, 0.1) is 11.6 Å². The Morgan fingerprint density at radius 2 is 1.45 bits per heavy atom. The van der Waals surface area contributed by atoms with Crippen LogP contribution in [0.5, 0.6) is 0 Å². The van der Waals surface area contributed by atoms with Gasteiger partial charge in [-0.3, -0.25) is 10.1 Å². The Kier molecular flexibility index (Phi) is 13.6. The van der Waals surface area contributed by atoms with Gasteiger partial charge in [0.15, 0.2) is 0 Å². The van der Waals surface area contributed by atoms with E-state index in [0.717, 1.165) is 94.9 Å². The first kappa shape index (κ1) is 34.0. The summed E-state index contributed by atoms with van der Waals surface area (Å²) in [7, 11) is 0. The zero-order valence-corrected chi connectivity index (χ0v) is 27.6. The number of piperidine rings is 2. The van der Waals surface area contributed by atoms with Gasteiger partial charge in [-0.15, -0.1) is 0 Å². The largest absolute Gasteiger partial charge is 0.443 e. The maximum Gasteiger partial charge on any atom is 0.412 e. The third-order valence-electron chi connectivity index (χ3n) is 9.63. The van der Waals surface area contributed by atoms with Gasteiger partial charge < -0.3 is 19.4 Å². The summed E-state index contributed by atoms with van der Waals surface area (Å²) in [5.74, 6) is 0.555. The third-order valence-corrected chi connectivity index (χ3v) is 9.63. The summed E-state index contributed by atoms with van der Waals surface area (Å²) in [6.07, 6.45) is 11.2. The lowest BCUT2D eigenvalue weighted by atomic mass is 9.93. The summed E-state index contributed by atoms with van der Waals surface area (Å²) >= 11 is 0. The smallest absolute Gasteiger partial charge is 0.412 e. The van der Waals surface area contributed by atoms with Gasteiger partial charge >= 0.3 is 6.09 Å². The molecule has 4 rings (SSSR count). The van der Waals surface area contributed by atoms with Gasteiger partial charge in [-0.05, 0) is 90.6 Å². The van der Waals surface area contributed by atoms with Gasteiger partial charge in [-0.25, -0.2) is 4.79 Å². The number of hydrogen-bond acceptors (Lipinski definition) is 5. The van der Waals surface area contributed by atoms with Crippen molar-refractivity contribution >= 4 is 17.7 Å². The molecule has 0 radical (unpaired) electrons. The van der Waals surface area contributed by atoms with Crippen LogP contribution in [0.3, 0.4) is 0 Å². The van der Waals surface area contributed by atoms with E-state index in [0.29, 0.717) is 5.91 Å². The van der Waals surface area contributed by atoms with Crippen molar-refractivity contribution in [1.29, 1.82) is 0 Å². The molecule has 0 bridgehead atoms. The van der Waals surface area contributed by atoms with E-state index in [1.807, 2.05) is 59.5 Å². The van der Waals surface area contributed by atoms with Crippen molar-refractivity contribution in [3.05, 3.63) is 54.6 Å². The maximum absolute atomic E-state index is 12.9. The van der Waals surface area contributed by atoms with Crippen LogP contribution >= 0.6 is 0 Å². The number of para-hydroxylation sites is 1. The molecule has 1 N–H and O–H groups in total. The van der Waals surface area contributed by atoms with Crippen molar-refractivity contribution in [1.82, 2.24) is 14.7 Å². The van der Waals surface area contributed by atoms with Crippen LogP contribution in [0.15, 0.2) is 54.6 Å². The van der Waals surface area contributed by atoms with Crippen molar-refractivity contribution in [3.63, 3.8) is 0 Å². The lowest BCUT2D eigenvalue weighted by molar-refractivity contribution is -0.137. The molecule has 0 saturated carbocycles. The Bertz CT molecular complexity index is 1140. The fourth-order valence-corrected chi connectivity index (χ4v) is 6.80. The number of anilines is 1. The molecular formula is C37H56N4O3. The number of likely N-dealkylation sites (tertiary alicyclic amines) is 2. The molecule has 44 heavy (non-hydrogen) atoms. The second-order valence-electron chi connectivity index (χ2n) is 13.0. The zero-order chi connectivity index (χ0) is 31.2. The van der Waals surface area contributed by atoms with Crippen molar-refractivity contribution in [2.45, 2.75) is 90.6 Å². The van der Waals surface area contributed by atoms with E-state index in [9.17, 15) is 9.59 Å². The Morgan fingerprint density at radius 3 is 2.14 bits per heavy atom. The average molecular weight is 605 g/mol. The summed E-state index contributed by atoms with van der Waals surface area (Å²) in [5.41, 5.74) is 2.39. The number of nitrogens with zero attached hydrogens (tertiary/aromatic N) is 3. The van der Waals surface area contributed by atoms with Crippen LogP contribution in [-0.2, 0) is 9.53 Å². The Hall–Kier alpha value is -2.90. The second kappa shape index (κ2) is 17.6. The Morgan fingerprint density at radius 1 is 0.841 bits per heavy atom. The molecule has 2 aromatic carbocycles. The SMILES string of the molecule is CCN(CC)C(=O)C1CCCN(CCCCCCCCN2CCC(C)(OC(=O)Nc3ccccc3-c3ccccc3)CC2)C1. The van der Waals surface area contributed by atoms with E-state index in [-0.39, 0.29) is 12.0 Å². The fourth-order valence-electron chi connectivity index (χ4n) is 6.80. The Balaban J connectivity index is 1.05. The van der Waals surface area contributed by atoms with Crippen LogP contribution in [0.1, 0.15) is 85.0 Å². The van der Waals surface area contributed by atoms with Crippen molar-refractivity contribution < 1.29 is 14.3 Å². The molecule has 2 fully saturated rings. The second-order valence-corrected chi connectivity index (χ2v) is 13.0. The number of ether oxygens (including phenoxy) is 1. The van der Waals surface area contributed by atoms with E-state index in [2.05, 4.69) is 35.9 Å². The van der Waals surface area contributed by atoms with Gasteiger partial charge in [0.2, 0.25) is 5.91 Å². The number of nitrogens with one attached hydrogen (secondary N) is 1. The highest BCUT2D eigenvalue weighted by Gasteiger charge is 2.34. The lowest BCUT2D eigenvalue weighted by Crippen LogP contribution is -2.46. The zero-order valence-electron chi connectivity index (χ0n) is 27.6. The molecule has 7 heteroatoms. The summed E-state index contributed by atoms with van der Waals surface area (Å²) in [6, 6.07) is 18.0. The molecule has 2 amide bonds. The number of carbonyl (C=O) groups is 2. The summed E-state index contributed by atoms with van der Waals surface area (Å²) in [6.45, 7) is 14.2. The molecule has 1 unspecified atom stereocenters. The monoisotopic (exact) mass is 604 g/mol. The molecule has 2 saturated heterocycles. The number of hydrogen-bond donors (Lipinski definition) is 1. The highest BCUT2D eigenvalue weighted by molar-refractivity contribution is 5.91. The molecule has 2 aliphatic rings. The predicted octanol–water partition coefficient (Wildman–Crippen LogP) is 7.68. The number of amides is 2. The van der Waals surface area contributed by atoms with Gasteiger partial charge in [-0.2, -0.15) is 0 Å². The van der Waals surface area contributed by atoms with E-state index in [1.165, 1.54) is 38.5 Å². The quantitative estimate of drug-likeness (QED) is 0.211. The van der Waals surface area contributed by atoms with Crippen LogP contribution in [0, 0.1) is 5.92 Å². The lowest BCUT2D eigenvalue weighted by Gasteiger charge is -2.38. The van der Waals surface area contributed by atoms with Crippen LogP contribution < -0.4 is 5.32 Å². The molecule has 7 nitrogen and oxygen atoms in total. The standard InChI is InChI=1S/C37H56N4O3/c1-4-41(5-2)35(42)32-20-17-27-40(30-32)26-16-9-7-6-8-15-25-39-28-23-37(3,24-29-39)44-36(43)38-34-22-14-13-21-33(34)31-18-11-10-12-19-31/h10-14,18-19,21-22,32H,4-9,15-17,20,23-30H2,1-3H3,(H,38,43). The molecule has 2 aliphatic heterocycles. The first-order chi connectivity index (χ1) is 21.4. The number of benzene rings is 2. The van der Waals surface area contributed by atoms with Crippen LogP contribution in [-0.4, -0.2) is 84.7 Å². The number of carbonyl (C=O) groups excluding carboxylic acids is 2. The minimum Gasteiger partial charge on any atom is -0.443 e. The molecule has 2 aromatic rings. The van der Waals surface area contributed by atoms with Gasteiger partial charge in [0.1, 0.15) is 5.60 Å². The van der Waals surface area contributed by atoms with Crippen molar-refractivity contribution in [2.24, 2.45) is 5.92 Å². The van der Waals surface area contributed by atoms with Crippen LogP contribution in [0.25, 0.3) is 11.1 Å². The summed E-state index contributed by atoms with van der Waals surface area (Å²) in [5, 5.41) is 3.00. The van der Waals surface area contributed by atoms with Crippen LogP contribution in [0.4, 0.5) is 10.5 Å². The van der Waals surface area contributed by atoms with E-state index in [4.69, 9.17) is 4.74 Å². The molecule has 0 spiro atoms. The molecule has 2 heterocycles. The Labute approximate surface area is 266 Å². The summed E-state index contributed by atoms with van der Waals surface area (Å²) < 4.78 is 5.99. The van der Waals surface area contributed by atoms with Gasteiger partial charge in [0.25, 0.3) is 0 Å². The maximum atomic E-state index is 12.9. The normalized spacial score (nSPS) is 18.9. The highest BCUT2D eigenvalue weighted by Crippen LogP contribution is 2.30. The van der Waals surface area contributed by atoms with Gasteiger partial charge in [0, 0.05) is 38.3 Å². The molecule has 0 aromatic heterocycles. The fraction of sp³-hybridized carbons (Fsp3) is 0.622. The molecule has 242 valence electrons. The highest BCUT2D eigenvalue weighted by atomic mass is 16.6. The minimum absolute atomic E-state index is 0.197. The number of unbranched alkanes of at least 4 members (excludes halogenated alkanes) is 5. The van der Waals surface area contributed by atoms with Crippen molar-refractivity contribution in [2.75, 3.05) is 57.7 Å². The van der Waals surface area contributed by atoms with Crippen molar-refractivity contribution in [3.8, 4) is 11.1 Å². The number of rotatable bonds is 15. The first-order valence-electron chi connectivity index (χ1n) is 17.3. The third kappa shape index (κ3) is 10.3. The van der Waals surface area contributed by atoms with E-state index < -0.39 is 5.60 Å². The molecular weight excluding hydrogens is 548 g/mol. The van der Waals surface area contributed by atoms with E-state index >= 15 is 0 Å². The summed E-state index contributed by atoms with van der Waals surface area (Å²) in [4.78, 5) is 32.7. The molecule has 1 atom stereocenters. The van der Waals surface area contributed by atoms with E-state index in [1.54, 1.807) is 0 Å². The first-order valence-corrected chi connectivity index (χ1v) is 17.3. The predicted molar refractivity (Wildman–Crippen MR) is 181 cm³/mol. The average Bonchev–Trinajstić information content (AvgIpc) is 3.04. The topological polar surface area (TPSA) is 65.1 Å².